The number of amides is 1. The van der Waals surface area contributed by atoms with Crippen molar-refractivity contribution in [3.8, 4) is 0 Å². The maximum Gasteiger partial charge on any atom is 0.264 e. The minimum atomic E-state index is -3.39. The van der Waals surface area contributed by atoms with Gasteiger partial charge in [-0.2, -0.15) is 8.42 Å². The molecular weight excluding hydrogens is 206 g/mol. The van der Waals surface area contributed by atoms with E-state index >= 15 is 0 Å². The highest BCUT2D eigenvalue weighted by Gasteiger charge is 2.41. The molecule has 0 radical (unpaired) electrons. The maximum absolute atomic E-state index is 11.3. The van der Waals surface area contributed by atoms with Gasteiger partial charge < -0.3 is 4.90 Å². The number of hydrogen-bond acceptors (Lipinski definition) is 4. The molecule has 0 spiro atoms. The standard InChI is InChI=1S/C8H13NO4S/c1-14(11,12)13-7-4-6-2-3-8(10)9(6)5-7/h6-7H,2-5H2,1H3/t6-,7-/m1/s1. The SMILES string of the molecule is CS(=O)(=O)O[C@@H]1C[C@H]2CCC(=O)N2C1. The summed E-state index contributed by atoms with van der Waals surface area (Å²) in [5, 5.41) is 0. The van der Waals surface area contributed by atoms with Gasteiger partial charge in [-0.05, 0) is 12.8 Å². The molecule has 6 heteroatoms. The Hall–Kier alpha value is -0.620. The normalized spacial score (nSPS) is 32.4. The lowest BCUT2D eigenvalue weighted by Crippen LogP contribution is -2.29. The fourth-order valence-electron chi connectivity index (χ4n) is 2.20. The molecule has 0 aromatic carbocycles. The molecule has 2 aliphatic heterocycles. The molecule has 0 aromatic rings. The fourth-order valence-corrected chi connectivity index (χ4v) is 2.84. The van der Waals surface area contributed by atoms with Crippen molar-refractivity contribution in [1.82, 2.24) is 4.90 Å². The van der Waals surface area contributed by atoms with Crippen molar-refractivity contribution in [3.05, 3.63) is 0 Å². The molecule has 2 heterocycles. The molecular formula is C8H13NO4S. The van der Waals surface area contributed by atoms with Gasteiger partial charge in [-0.15, -0.1) is 0 Å². The first kappa shape index (κ1) is 9.92. The summed E-state index contributed by atoms with van der Waals surface area (Å²) in [4.78, 5) is 13.0. The Morgan fingerprint density at radius 1 is 1.50 bits per heavy atom. The van der Waals surface area contributed by atoms with Gasteiger partial charge in [0.05, 0.1) is 12.4 Å². The van der Waals surface area contributed by atoms with Crippen LogP contribution in [0.25, 0.3) is 0 Å². The van der Waals surface area contributed by atoms with E-state index in [4.69, 9.17) is 4.18 Å². The highest BCUT2D eigenvalue weighted by Crippen LogP contribution is 2.30. The molecule has 1 amide bonds. The molecule has 14 heavy (non-hydrogen) atoms. The van der Waals surface area contributed by atoms with E-state index in [1.54, 1.807) is 4.90 Å². The monoisotopic (exact) mass is 219 g/mol. The van der Waals surface area contributed by atoms with E-state index in [2.05, 4.69) is 0 Å². The van der Waals surface area contributed by atoms with Crippen LogP contribution >= 0.6 is 0 Å². The first-order valence-electron chi connectivity index (χ1n) is 4.63. The largest absolute Gasteiger partial charge is 0.337 e. The lowest BCUT2D eigenvalue weighted by atomic mass is 10.1. The first-order chi connectivity index (χ1) is 6.46. The Bertz CT molecular complexity index is 350. The summed E-state index contributed by atoms with van der Waals surface area (Å²) >= 11 is 0. The lowest BCUT2D eigenvalue weighted by molar-refractivity contribution is -0.128. The van der Waals surface area contributed by atoms with E-state index in [1.165, 1.54) is 0 Å². The van der Waals surface area contributed by atoms with Gasteiger partial charge in [-0.25, -0.2) is 0 Å². The van der Waals surface area contributed by atoms with Crippen LogP contribution in [0.1, 0.15) is 19.3 Å². The molecule has 0 unspecified atom stereocenters. The zero-order valence-electron chi connectivity index (χ0n) is 7.97. The van der Waals surface area contributed by atoms with Crippen molar-refractivity contribution in [2.75, 3.05) is 12.8 Å². The van der Waals surface area contributed by atoms with Gasteiger partial charge in [-0.3, -0.25) is 8.98 Å². The minimum Gasteiger partial charge on any atom is -0.337 e. The van der Waals surface area contributed by atoms with E-state index in [0.717, 1.165) is 12.7 Å². The molecule has 2 rings (SSSR count). The van der Waals surface area contributed by atoms with Crippen LogP contribution in [0.2, 0.25) is 0 Å². The zero-order valence-corrected chi connectivity index (χ0v) is 8.79. The Labute approximate surface area is 83.2 Å². The number of rotatable bonds is 2. The Morgan fingerprint density at radius 2 is 2.21 bits per heavy atom. The molecule has 0 aliphatic carbocycles. The average molecular weight is 219 g/mol. The third-order valence-electron chi connectivity index (χ3n) is 2.70. The summed E-state index contributed by atoms with van der Waals surface area (Å²) in [5.74, 6) is 0.120. The van der Waals surface area contributed by atoms with Crippen molar-refractivity contribution in [3.63, 3.8) is 0 Å². The molecule has 2 aliphatic rings. The minimum absolute atomic E-state index is 0.120. The molecule has 80 valence electrons. The predicted molar refractivity (Wildman–Crippen MR) is 49.1 cm³/mol. The molecule has 0 aromatic heterocycles. The first-order valence-corrected chi connectivity index (χ1v) is 6.45. The van der Waals surface area contributed by atoms with Crippen molar-refractivity contribution in [2.45, 2.75) is 31.4 Å². The van der Waals surface area contributed by atoms with Crippen LogP contribution in [0.3, 0.4) is 0 Å². The second kappa shape index (κ2) is 3.20. The molecule has 0 bridgehead atoms. The number of fused-ring (bicyclic) bond motifs is 1. The average Bonchev–Trinajstić information content (AvgIpc) is 2.51. The van der Waals surface area contributed by atoms with Crippen molar-refractivity contribution >= 4 is 16.0 Å². The summed E-state index contributed by atoms with van der Waals surface area (Å²) in [6, 6.07) is 0.203. The highest BCUT2D eigenvalue weighted by atomic mass is 32.2. The summed E-state index contributed by atoms with van der Waals surface area (Å²) in [6.07, 6.45) is 2.79. The van der Waals surface area contributed by atoms with Crippen LogP contribution in [-0.4, -0.2) is 44.2 Å². The van der Waals surface area contributed by atoms with Crippen LogP contribution in [0.5, 0.6) is 0 Å². The quantitative estimate of drug-likeness (QED) is 0.599. The summed E-state index contributed by atoms with van der Waals surface area (Å²) < 4.78 is 26.6. The van der Waals surface area contributed by atoms with Gasteiger partial charge in [0.1, 0.15) is 0 Å². The molecule has 5 nitrogen and oxygen atoms in total. The van der Waals surface area contributed by atoms with Crippen LogP contribution in [0.15, 0.2) is 0 Å². The van der Waals surface area contributed by atoms with Crippen LogP contribution in [-0.2, 0) is 19.1 Å². The van der Waals surface area contributed by atoms with Gasteiger partial charge in [0.2, 0.25) is 5.91 Å². The Morgan fingerprint density at radius 3 is 2.79 bits per heavy atom. The topological polar surface area (TPSA) is 63.7 Å². The van der Waals surface area contributed by atoms with Gasteiger partial charge in [0.25, 0.3) is 10.1 Å². The molecule has 2 saturated heterocycles. The number of hydrogen-bond donors (Lipinski definition) is 0. The van der Waals surface area contributed by atoms with Crippen LogP contribution in [0, 0.1) is 0 Å². The maximum atomic E-state index is 11.3. The summed E-state index contributed by atoms with van der Waals surface area (Å²) in [7, 11) is -3.39. The third-order valence-corrected chi connectivity index (χ3v) is 3.32. The highest BCUT2D eigenvalue weighted by molar-refractivity contribution is 7.86. The summed E-state index contributed by atoms with van der Waals surface area (Å²) in [6.45, 7) is 0.427. The van der Waals surface area contributed by atoms with Crippen molar-refractivity contribution in [1.29, 1.82) is 0 Å². The second-order valence-corrected chi connectivity index (χ2v) is 5.50. The van der Waals surface area contributed by atoms with Crippen LogP contribution in [0.4, 0.5) is 0 Å². The second-order valence-electron chi connectivity index (χ2n) is 3.90. The van der Waals surface area contributed by atoms with Gasteiger partial charge in [0.15, 0.2) is 0 Å². The molecule has 0 N–H and O–H groups in total. The van der Waals surface area contributed by atoms with Crippen molar-refractivity contribution < 1.29 is 17.4 Å². The lowest BCUT2D eigenvalue weighted by Gasteiger charge is -2.13. The van der Waals surface area contributed by atoms with Crippen molar-refractivity contribution in [2.24, 2.45) is 0 Å². The van der Waals surface area contributed by atoms with Gasteiger partial charge in [0, 0.05) is 19.0 Å². The van der Waals surface area contributed by atoms with E-state index in [-0.39, 0.29) is 18.1 Å². The van der Waals surface area contributed by atoms with E-state index in [9.17, 15) is 13.2 Å². The number of carbonyl (C=O) groups excluding carboxylic acids is 1. The smallest absolute Gasteiger partial charge is 0.264 e. The van der Waals surface area contributed by atoms with Crippen LogP contribution < -0.4 is 0 Å². The fraction of sp³-hybridized carbons (Fsp3) is 0.875. The summed E-state index contributed by atoms with van der Waals surface area (Å²) in [5.41, 5.74) is 0. The third kappa shape index (κ3) is 1.90. The predicted octanol–water partition coefficient (Wildman–Crippen LogP) is -0.274. The van der Waals surface area contributed by atoms with E-state index in [0.29, 0.717) is 19.4 Å². The molecule has 0 saturated carbocycles. The number of nitrogens with zero attached hydrogens (tertiary/aromatic N) is 1. The molecule has 2 atom stereocenters. The van der Waals surface area contributed by atoms with E-state index < -0.39 is 10.1 Å². The zero-order chi connectivity index (χ0) is 10.3. The number of carbonyl (C=O) groups is 1. The van der Waals surface area contributed by atoms with E-state index in [1.807, 2.05) is 0 Å². The van der Waals surface area contributed by atoms with Gasteiger partial charge in [-0.1, -0.05) is 0 Å². The Kier molecular flexibility index (Phi) is 2.27. The Balaban J connectivity index is 1.99. The molecule has 2 fully saturated rings. The van der Waals surface area contributed by atoms with Gasteiger partial charge >= 0.3 is 0 Å².